The maximum absolute atomic E-state index is 10.5. The van der Waals surface area contributed by atoms with Crippen molar-refractivity contribution < 1.29 is 14.6 Å². The van der Waals surface area contributed by atoms with E-state index in [1.54, 1.807) is 7.11 Å². The SMILES string of the molecule is COc1ccc2cc(CN(C)CCCC(=O)O)ccc2c1. The van der Waals surface area contributed by atoms with Gasteiger partial charge in [-0.15, -0.1) is 0 Å². The first kappa shape index (κ1) is 15.3. The average Bonchev–Trinajstić information content (AvgIpc) is 2.46. The van der Waals surface area contributed by atoms with Gasteiger partial charge in [0, 0.05) is 13.0 Å². The highest BCUT2D eigenvalue weighted by molar-refractivity contribution is 5.84. The summed E-state index contributed by atoms with van der Waals surface area (Å²) < 4.78 is 5.22. The molecule has 0 heterocycles. The lowest BCUT2D eigenvalue weighted by atomic mass is 10.1. The van der Waals surface area contributed by atoms with Gasteiger partial charge in [0.2, 0.25) is 0 Å². The van der Waals surface area contributed by atoms with Crippen molar-refractivity contribution in [3.63, 3.8) is 0 Å². The number of rotatable bonds is 7. The van der Waals surface area contributed by atoms with Crippen LogP contribution in [0.4, 0.5) is 0 Å². The first-order valence-electron chi connectivity index (χ1n) is 7.05. The lowest BCUT2D eigenvalue weighted by molar-refractivity contribution is -0.137. The molecule has 0 amide bonds. The van der Waals surface area contributed by atoms with E-state index in [-0.39, 0.29) is 6.42 Å². The summed E-state index contributed by atoms with van der Waals surface area (Å²) in [5, 5.41) is 11.0. The van der Waals surface area contributed by atoms with Crippen molar-refractivity contribution in [1.82, 2.24) is 4.90 Å². The maximum Gasteiger partial charge on any atom is 0.303 e. The first-order valence-corrected chi connectivity index (χ1v) is 7.05. The smallest absolute Gasteiger partial charge is 0.303 e. The number of hydrogen-bond donors (Lipinski definition) is 1. The minimum atomic E-state index is -0.733. The second-order valence-corrected chi connectivity index (χ2v) is 5.28. The van der Waals surface area contributed by atoms with E-state index in [4.69, 9.17) is 9.84 Å². The summed E-state index contributed by atoms with van der Waals surface area (Å²) in [6, 6.07) is 12.4. The normalized spacial score (nSPS) is 11.0. The van der Waals surface area contributed by atoms with Crippen molar-refractivity contribution >= 4 is 16.7 Å². The second-order valence-electron chi connectivity index (χ2n) is 5.28. The topological polar surface area (TPSA) is 49.8 Å². The van der Waals surface area contributed by atoms with Crippen LogP contribution in [-0.2, 0) is 11.3 Å². The zero-order chi connectivity index (χ0) is 15.2. The number of methoxy groups -OCH3 is 1. The van der Waals surface area contributed by atoms with Crippen LogP contribution in [0.5, 0.6) is 5.75 Å². The molecule has 0 bridgehead atoms. The van der Waals surface area contributed by atoms with Gasteiger partial charge in [0.05, 0.1) is 7.11 Å². The fourth-order valence-corrected chi connectivity index (χ4v) is 2.39. The van der Waals surface area contributed by atoms with Gasteiger partial charge in [-0.05, 0) is 54.5 Å². The van der Waals surface area contributed by atoms with Gasteiger partial charge in [-0.1, -0.05) is 18.2 Å². The molecule has 4 nitrogen and oxygen atoms in total. The molecule has 1 N–H and O–H groups in total. The molecule has 0 fully saturated rings. The average molecular weight is 287 g/mol. The molecule has 2 aromatic carbocycles. The molecule has 0 atom stereocenters. The Morgan fingerprint density at radius 1 is 1.19 bits per heavy atom. The third kappa shape index (κ3) is 4.46. The highest BCUT2D eigenvalue weighted by Crippen LogP contribution is 2.22. The molecular formula is C17H21NO3. The molecule has 0 saturated carbocycles. The van der Waals surface area contributed by atoms with Crippen LogP contribution >= 0.6 is 0 Å². The van der Waals surface area contributed by atoms with Crippen molar-refractivity contribution in [3.8, 4) is 5.75 Å². The fourth-order valence-electron chi connectivity index (χ4n) is 2.39. The van der Waals surface area contributed by atoms with Crippen LogP contribution in [0.2, 0.25) is 0 Å². The molecule has 0 aromatic heterocycles. The number of carboxylic acid groups (broad SMARTS) is 1. The van der Waals surface area contributed by atoms with Crippen molar-refractivity contribution in [3.05, 3.63) is 42.0 Å². The zero-order valence-corrected chi connectivity index (χ0v) is 12.5. The lowest BCUT2D eigenvalue weighted by Crippen LogP contribution is -2.19. The third-order valence-electron chi connectivity index (χ3n) is 3.49. The Balaban J connectivity index is 2.00. The van der Waals surface area contributed by atoms with Gasteiger partial charge in [0.25, 0.3) is 0 Å². The monoisotopic (exact) mass is 287 g/mol. The zero-order valence-electron chi connectivity index (χ0n) is 12.5. The molecule has 0 spiro atoms. The van der Waals surface area contributed by atoms with Crippen molar-refractivity contribution in [2.24, 2.45) is 0 Å². The second kappa shape index (κ2) is 7.09. The summed E-state index contributed by atoms with van der Waals surface area (Å²) >= 11 is 0. The number of hydrogen-bond acceptors (Lipinski definition) is 3. The Kier molecular flexibility index (Phi) is 5.17. The van der Waals surface area contributed by atoms with E-state index in [0.717, 1.165) is 24.2 Å². The molecule has 0 aliphatic heterocycles. The van der Waals surface area contributed by atoms with Gasteiger partial charge in [-0.25, -0.2) is 0 Å². The maximum atomic E-state index is 10.5. The molecule has 21 heavy (non-hydrogen) atoms. The van der Waals surface area contributed by atoms with Gasteiger partial charge in [-0.2, -0.15) is 0 Å². The van der Waals surface area contributed by atoms with Gasteiger partial charge in [-0.3, -0.25) is 4.79 Å². The summed E-state index contributed by atoms with van der Waals surface area (Å²) in [6.45, 7) is 1.61. The van der Waals surface area contributed by atoms with Gasteiger partial charge in [0.15, 0.2) is 0 Å². The fraction of sp³-hybridized carbons (Fsp3) is 0.353. The standard InChI is InChI=1S/C17H21NO3/c1-18(9-3-4-17(19)20)12-13-5-6-15-11-16(21-2)8-7-14(15)10-13/h5-8,10-11H,3-4,9,12H2,1-2H3,(H,19,20). The largest absolute Gasteiger partial charge is 0.497 e. The lowest BCUT2D eigenvalue weighted by Gasteiger charge is -2.16. The summed E-state index contributed by atoms with van der Waals surface area (Å²) in [4.78, 5) is 12.7. The van der Waals surface area contributed by atoms with E-state index >= 15 is 0 Å². The highest BCUT2D eigenvalue weighted by Gasteiger charge is 2.04. The number of carboxylic acids is 1. The van der Waals surface area contributed by atoms with E-state index < -0.39 is 5.97 Å². The van der Waals surface area contributed by atoms with Crippen LogP contribution in [0.3, 0.4) is 0 Å². The summed E-state index contributed by atoms with van der Waals surface area (Å²) in [7, 11) is 3.68. The minimum Gasteiger partial charge on any atom is -0.497 e. The molecule has 0 aliphatic rings. The molecule has 0 saturated heterocycles. The van der Waals surface area contributed by atoms with Crippen LogP contribution in [0.1, 0.15) is 18.4 Å². The number of aliphatic carboxylic acids is 1. The van der Waals surface area contributed by atoms with E-state index in [2.05, 4.69) is 29.2 Å². The summed E-state index contributed by atoms with van der Waals surface area (Å²) in [5.74, 6) is 0.129. The van der Waals surface area contributed by atoms with E-state index in [9.17, 15) is 4.79 Å². The van der Waals surface area contributed by atoms with Gasteiger partial charge >= 0.3 is 5.97 Å². The molecule has 112 valence electrons. The molecular weight excluding hydrogens is 266 g/mol. The number of ether oxygens (including phenoxy) is 1. The third-order valence-corrected chi connectivity index (χ3v) is 3.49. The first-order chi connectivity index (χ1) is 10.1. The number of benzene rings is 2. The van der Waals surface area contributed by atoms with Crippen molar-refractivity contribution in [1.29, 1.82) is 0 Å². The Labute approximate surface area is 124 Å². The molecule has 0 aliphatic carbocycles. The van der Waals surface area contributed by atoms with Crippen LogP contribution < -0.4 is 4.74 Å². The van der Waals surface area contributed by atoms with Crippen LogP contribution in [0.15, 0.2) is 36.4 Å². The summed E-state index contributed by atoms with van der Waals surface area (Å²) in [5.41, 5.74) is 1.23. The highest BCUT2D eigenvalue weighted by atomic mass is 16.5. The number of nitrogens with zero attached hydrogens (tertiary/aromatic N) is 1. The quantitative estimate of drug-likeness (QED) is 0.850. The van der Waals surface area contributed by atoms with Crippen LogP contribution in [-0.4, -0.2) is 36.7 Å². The van der Waals surface area contributed by atoms with Crippen molar-refractivity contribution in [2.75, 3.05) is 20.7 Å². The minimum absolute atomic E-state index is 0.224. The Hall–Kier alpha value is -2.07. The molecule has 0 radical (unpaired) electrons. The molecule has 2 aromatic rings. The number of carbonyl (C=O) groups is 1. The summed E-state index contributed by atoms with van der Waals surface area (Å²) in [6.07, 6.45) is 0.901. The van der Waals surface area contributed by atoms with E-state index in [1.165, 1.54) is 10.9 Å². The Morgan fingerprint density at radius 2 is 1.90 bits per heavy atom. The van der Waals surface area contributed by atoms with E-state index in [0.29, 0.717) is 6.42 Å². The van der Waals surface area contributed by atoms with Gasteiger partial charge < -0.3 is 14.7 Å². The predicted molar refractivity (Wildman–Crippen MR) is 83.7 cm³/mol. The van der Waals surface area contributed by atoms with Crippen LogP contribution in [0.25, 0.3) is 10.8 Å². The molecule has 0 unspecified atom stereocenters. The van der Waals surface area contributed by atoms with E-state index in [1.807, 2.05) is 19.2 Å². The van der Waals surface area contributed by atoms with Crippen molar-refractivity contribution in [2.45, 2.75) is 19.4 Å². The Bertz CT molecular complexity index is 624. The molecule has 2 rings (SSSR count). The van der Waals surface area contributed by atoms with Gasteiger partial charge in [0.1, 0.15) is 5.75 Å². The van der Waals surface area contributed by atoms with Crippen LogP contribution in [0, 0.1) is 0 Å². The Morgan fingerprint density at radius 3 is 2.62 bits per heavy atom. The predicted octanol–water partition coefficient (Wildman–Crippen LogP) is 3.15. The number of fused-ring (bicyclic) bond motifs is 1. The molecule has 4 heteroatoms.